The van der Waals surface area contributed by atoms with Crippen LogP contribution in [0.4, 0.5) is 11.6 Å². The van der Waals surface area contributed by atoms with E-state index in [-0.39, 0.29) is 0 Å². The Hall–Kier alpha value is -2.99. The third kappa shape index (κ3) is 3.97. The van der Waals surface area contributed by atoms with E-state index in [0.717, 1.165) is 55.0 Å². The number of ether oxygens (including phenoxy) is 1. The topological polar surface area (TPSA) is 63.2 Å². The Morgan fingerprint density at radius 3 is 2.54 bits per heavy atom. The number of pyridine rings is 1. The molecule has 1 aliphatic heterocycles. The molecule has 0 saturated carbocycles. The lowest BCUT2D eigenvalue weighted by Crippen LogP contribution is -2.36. The second-order valence-corrected chi connectivity index (χ2v) is 6.08. The van der Waals surface area contributed by atoms with Gasteiger partial charge in [0.1, 0.15) is 11.6 Å². The highest BCUT2D eigenvalue weighted by Gasteiger charge is 2.15. The van der Waals surface area contributed by atoms with Gasteiger partial charge in [0.15, 0.2) is 5.82 Å². The Morgan fingerprint density at radius 2 is 1.77 bits per heavy atom. The molecule has 1 saturated heterocycles. The summed E-state index contributed by atoms with van der Waals surface area (Å²) in [6.45, 7) is 3.74. The van der Waals surface area contributed by atoms with Crippen LogP contribution < -0.4 is 10.2 Å². The van der Waals surface area contributed by atoms with Crippen LogP contribution in [0.5, 0.6) is 0 Å². The summed E-state index contributed by atoms with van der Waals surface area (Å²) in [5.41, 5.74) is 1.98. The third-order valence-electron chi connectivity index (χ3n) is 4.26. The van der Waals surface area contributed by atoms with Gasteiger partial charge in [0.25, 0.3) is 0 Å². The van der Waals surface area contributed by atoms with E-state index in [1.165, 1.54) is 0 Å². The smallest absolute Gasteiger partial charge is 0.163 e. The van der Waals surface area contributed by atoms with Crippen LogP contribution in [-0.2, 0) is 11.3 Å². The van der Waals surface area contributed by atoms with Crippen molar-refractivity contribution in [1.82, 2.24) is 15.0 Å². The SMILES string of the molecule is c1ccc(-c2nc(NCc3ccccn3)cc(N3CCOCC3)n2)cc1. The Bertz CT molecular complexity index is 835. The van der Waals surface area contributed by atoms with E-state index in [2.05, 4.69) is 15.2 Å². The summed E-state index contributed by atoms with van der Waals surface area (Å²) < 4.78 is 5.46. The van der Waals surface area contributed by atoms with Crippen molar-refractivity contribution >= 4 is 11.6 Å². The van der Waals surface area contributed by atoms with Gasteiger partial charge in [-0.05, 0) is 12.1 Å². The van der Waals surface area contributed by atoms with E-state index in [1.54, 1.807) is 6.20 Å². The molecule has 0 amide bonds. The molecule has 1 aliphatic rings. The number of hydrogen-bond donors (Lipinski definition) is 1. The van der Waals surface area contributed by atoms with E-state index < -0.39 is 0 Å². The van der Waals surface area contributed by atoms with Crippen LogP contribution in [0.15, 0.2) is 60.8 Å². The number of nitrogens with one attached hydrogen (secondary N) is 1. The largest absolute Gasteiger partial charge is 0.378 e. The van der Waals surface area contributed by atoms with E-state index in [0.29, 0.717) is 6.54 Å². The quantitative estimate of drug-likeness (QED) is 0.765. The van der Waals surface area contributed by atoms with Crippen LogP contribution in [0.3, 0.4) is 0 Å². The molecule has 1 fully saturated rings. The Kier molecular flexibility index (Phi) is 5.02. The fourth-order valence-corrected chi connectivity index (χ4v) is 2.88. The number of morpholine rings is 1. The van der Waals surface area contributed by atoms with Crippen molar-refractivity contribution in [1.29, 1.82) is 0 Å². The molecule has 3 heterocycles. The first kappa shape index (κ1) is 16.5. The second-order valence-electron chi connectivity index (χ2n) is 6.08. The van der Waals surface area contributed by atoms with Crippen molar-refractivity contribution in [3.05, 3.63) is 66.5 Å². The molecule has 0 spiro atoms. The van der Waals surface area contributed by atoms with Crippen LogP contribution in [0.1, 0.15) is 5.69 Å². The van der Waals surface area contributed by atoms with E-state index >= 15 is 0 Å². The first-order valence-electron chi connectivity index (χ1n) is 8.79. The lowest BCUT2D eigenvalue weighted by molar-refractivity contribution is 0.122. The Morgan fingerprint density at radius 1 is 0.962 bits per heavy atom. The van der Waals surface area contributed by atoms with Crippen molar-refractivity contribution in [3.8, 4) is 11.4 Å². The average Bonchev–Trinajstić information content (AvgIpc) is 2.74. The Labute approximate surface area is 152 Å². The first-order chi connectivity index (χ1) is 12.9. The second kappa shape index (κ2) is 7.93. The van der Waals surface area contributed by atoms with Crippen molar-refractivity contribution in [3.63, 3.8) is 0 Å². The molecule has 0 unspecified atom stereocenters. The average molecular weight is 347 g/mol. The normalized spacial score (nSPS) is 14.2. The molecule has 1 aromatic carbocycles. The Balaban J connectivity index is 1.63. The molecule has 0 bridgehead atoms. The van der Waals surface area contributed by atoms with Gasteiger partial charge in [0, 0.05) is 30.9 Å². The van der Waals surface area contributed by atoms with Crippen molar-refractivity contribution in [2.45, 2.75) is 6.54 Å². The minimum absolute atomic E-state index is 0.620. The van der Waals surface area contributed by atoms with Gasteiger partial charge in [-0.15, -0.1) is 0 Å². The van der Waals surface area contributed by atoms with E-state index in [9.17, 15) is 0 Å². The van der Waals surface area contributed by atoms with Gasteiger partial charge in [0.05, 0.1) is 25.5 Å². The number of aromatic nitrogens is 3. The van der Waals surface area contributed by atoms with Gasteiger partial charge in [-0.25, -0.2) is 9.97 Å². The predicted molar refractivity (Wildman–Crippen MR) is 102 cm³/mol. The highest BCUT2D eigenvalue weighted by atomic mass is 16.5. The fraction of sp³-hybridized carbons (Fsp3) is 0.250. The summed E-state index contributed by atoms with van der Waals surface area (Å²) in [5, 5.41) is 3.38. The predicted octanol–water partition coefficient (Wildman–Crippen LogP) is 2.99. The zero-order valence-electron chi connectivity index (χ0n) is 14.5. The molecule has 0 radical (unpaired) electrons. The van der Waals surface area contributed by atoms with Crippen LogP contribution in [-0.4, -0.2) is 41.3 Å². The highest BCUT2D eigenvalue weighted by Crippen LogP contribution is 2.23. The molecule has 26 heavy (non-hydrogen) atoms. The minimum atomic E-state index is 0.620. The molecule has 0 aliphatic carbocycles. The van der Waals surface area contributed by atoms with Gasteiger partial charge in [0.2, 0.25) is 0 Å². The first-order valence-corrected chi connectivity index (χ1v) is 8.79. The zero-order chi connectivity index (χ0) is 17.6. The maximum Gasteiger partial charge on any atom is 0.163 e. The number of anilines is 2. The highest BCUT2D eigenvalue weighted by molar-refractivity contribution is 5.61. The lowest BCUT2D eigenvalue weighted by Gasteiger charge is -2.28. The third-order valence-corrected chi connectivity index (χ3v) is 4.26. The summed E-state index contributed by atoms with van der Waals surface area (Å²) in [4.78, 5) is 16.1. The lowest BCUT2D eigenvalue weighted by atomic mass is 10.2. The van der Waals surface area contributed by atoms with Crippen LogP contribution >= 0.6 is 0 Å². The monoisotopic (exact) mass is 347 g/mol. The zero-order valence-corrected chi connectivity index (χ0v) is 14.5. The van der Waals surface area contributed by atoms with Crippen LogP contribution in [0.2, 0.25) is 0 Å². The fourth-order valence-electron chi connectivity index (χ4n) is 2.88. The maximum atomic E-state index is 5.46. The summed E-state index contributed by atoms with van der Waals surface area (Å²) in [6.07, 6.45) is 1.80. The molecular formula is C20H21N5O. The maximum absolute atomic E-state index is 5.46. The molecule has 0 atom stereocenters. The van der Waals surface area contributed by atoms with Gasteiger partial charge in [-0.3, -0.25) is 4.98 Å². The molecular weight excluding hydrogens is 326 g/mol. The number of hydrogen-bond acceptors (Lipinski definition) is 6. The molecule has 4 rings (SSSR count). The molecule has 6 heteroatoms. The van der Waals surface area contributed by atoms with Gasteiger partial charge in [-0.1, -0.05) is 36.4 Å². The summed E-state index contributed by atoms with van der Waals surface area (Å²) in [6, 6.07) is 18.0. The summed E-state index contributed by atoms with van der Waals surface area (Å²) in [7, 11) is 0. The standard InChI is InChI=1S/C20H21N5O/c1-2-6-16(7-3-1)20-23-18(22-15-17-8-4-5-9-21-17)14-19(24-20)25-10-12-26-13-11-25/h1-9,14H,10-13,15H2,(H,22,23,24). The molecule has 3 aromatic rings. The van der Waals surface area contributed by atoms with Gasteiger partial charge < -0.3 is 15.0 Å². The minimum Gasteiger partial charge on any atom is -0.378 e. The summed E-state index contributed by atoms with van der Waals surface area (Å²) in [5.74, 6) is 2.44. The van der Waals surface area contributed by atoms with E-state index in [4.69, 9.17) is 14.7 Å². The molecule has 2 aromatic heterocycles. The number of rotatable bonds is 5. The molecule has 1 N–H and O–H groups in total. The number of nitrogens with zero attached hydrogens (tertiary/aromatic N) is 4. The number of benzene rings is 1. The van der Waals surface area contributed by atoms with Gasteiger partial charge >= 0.3 is 0 Å². The van der Waals surface area contributed by atoms with Crippen LogP contribution in [0, 0.1) is 0 Å². The van der Waals surface area contributed by atoms with E-state index in [1.807, 2.05) is 54.6 Å². The molecule has 132 valence electrons. The van der Waals surface area contributed by atoms with Crippen molar-refractivity contribution < 1.29 is 4.74 Å². The summed E-state index contributed by atoms with van der Waals surface area (Å²) >= 11 is 0. The van der Waals surface area contributed by atoms with Gasteiger partial charge in [-0.2, -0.15) is 0 Å². The molecule has 6 nitrogen and oxygen atoms in total. The van der Waals surface area contributed by atoms with Crippen molar-refractivity contribution in [2.24, 2.45) is 0 Å². The van der Waals surface area contributed by atoms with Crippen LogP contribution in [0.25, 0.3) is 11.4 Å². The van der Waals surface area contributed by atoms with Crippen molar-refractivity contribution in [2.75, 3.05) is 36.5 Å².